The molecule has 0 unspecified atom stereocenters. The maximum atomic E-state index is 2.43. The highest BCUT2D eigenvalue weighted by atomic mass is 15.2. The molecule has 0 amide bonds. The van der Waals surface area contributed by atoms with E-state index in [4.69, 9.17) is 0 Å². The quantitative estimate of drug-likeness (QED) is 0.172. The van der Waals surface area contributed by atoms with Crippen molar-refractivity contribution in [3.63, 3.8) is 0 Å². The monoisotopic (exact) mass is 693 g/mol. The van der Waals surface area contributed by atoms with Gasteiger partial charge in [-0.05, 0) is 107 Å². The molecule has 54 heavy (non-hydrogen) atoms. The summed E-state index contributed by atoms with van der Waals surface area (Å²) < 4.78 is 2.37. The molecule has 0 fully saturated rings. The van der Waals surface area contributed by atoms with E-state index < -0.39 is 0 Å². The van der Waals surface area contributed by atoms with Crippen LogP contribution in [-0.2, 0) is 5.41 Å². The van der Waals surface area contributed by atoms with Crippen LogP contribution in [0.1, 0.15) is 25.0 Å². The minimum absolute atomic E-state index is 0.163. The molecular weight excluding hydrogens is 655 g/mol. The second-order valence-electron chi connectivity index (χ2n) is 14.7. The smallest absolute Gasteiger partial charge is 0.0541 e. The third-order valence-corrected chi connectivity index (χ3v) is 11.1. The first kappa shape index (κ1) is 31.9. The summed E-state index contributed by atoms with van der Waals surface area (Å²) in [5.41, 5.74) is 15.3. The Bertz CT molecular complexity index is 2780. The Morgan fingerprint density at radius 1 is 0.389 bits per heavy atom. The molecule has 1 aromatic heterocycles. The van der Waals surface area contributed by atoms with Crippen molar-refractivity contribution in [1.82, 2.24) is 4.57 Å². The third kappa shape index (κ3) is 5.12. The lowest BCUT2D eigenvalue weighted by molar-refractivity contribution is 0.632. The fraction of sp³-hybridized carbons (Fsp3) is 0.0588. The van der Waals surface area contributed by atoms with Gasteiger partial charge in [-0.3, -0.25) is 0 Å². The Balaban J connectivity index is 1.08. The molecule has 0 saturated carbocycles. The number of hydrogen-bond acceptors (Lipinski definition) is 2. The average molecular weight is 694 g/mol. The minimum atomic E-state index is -0.163. The van der Waals surface area contributed by atoms with E-state index in [2.05, 4.69) is 228 Å². The van der Waals surface area contributed by atoms with Gasteiger partial charge in [0.05, 0.1) is 22.4 Å². The molecule has 1 aliphatic rings. The lowest BCUT2D eigenvalue weighted by Gasteiger charge is -2.42. The van der Waals surface area contributed by atoms with Crippen molar-refractivity contribution < 1.29 is 0 Å². The SMILES string of the molecule is CC1(C)c2ccccc2N(c2ccccc2)c2cc(N(c3ccccc3)c3ccc(-c4ccc5c(c4)c4ccccc4n5-c4ccccc4)cc3)ccc21. The van der Waals surface area contributed by atoms with Crippen LogP contribution < -0.4 is 9.80 Å². The molecule has 10 rings (SSSR count). The molecule has 0 spiro atoms. The Labute approximate surface area is 316 Å². The van der Waals surface area contributed by atoms with Crippen LogP contribution in [0.4, 0.5) is 34.1 Å². The van der Waals surface area contributed by atoms with E-state index in [1.807, 2.05) is 0 Å². The first-order chi connectivity index (χ1) is 26.6. The standard InChI is InChI=1S/C51H39N3/c1-51(2)45-23-13-15-25-49(45)54(40-20-10-5-11-21-40)50-35-42(31-32-46(50)51)52(38-16-6-3-7-17-38)41-29-26-36(27-30-41)37-28-33-48-44(34-37)43-22-12-14-24-47(43)53(48)39-18-8-4-9-19-39/h3-35H,1-2H3. The molecule has 8 aromatic carbocycles. The molecule has 1 aliphatic heterocycles. The van der Waals surface area contributed by atoms with E-state index in [-0.39, 0.29) is 5.41 Å². The van der Waals surface area contributed by atoms with Crippen molar-refractivity contribution in [2.75, 3.05) is 9.80 Å². The molecule has 0 bridgehead atoms. The van der Waals surface area contributed by atoms with E-state index in [1.165, 1.54) is 61.1 Å². The fourth-order valence-corrected chi connectivity index (χ4v) is 8.53. The van der Waals surface area contributed by atoms with E-state index in [0.717, 1.165) is 22.7 Å². The first-order valence-corrected chi connectivity index (χ1v) is 18.7. The second kappa shape index (κ2) is 12.7. The van der Waals surface area contributed by atoms with E-state index in [0.29, 0.717) is 0 Å². The Hall–Kier alpha value is -6.84. The Kier molecular flexibility index (Phi) is 7.48. The summed E-state index contributed by atoms with van der Waals surface area (Å²) in [6.45, 7) is 4.69. The van der Waals surface area contributed by atoms with Gasteiger partial charge in [-0.2, -0.15) is 0 Å². The molecule has 3 heteroatoms. The van der Waals surface area contributed by atoms with Crippen LogP contribution in [0.15, 0.2) is 200 Å². The maximum absolute atomic E-state index is 2.43. The van der Waals surface area contributed by atoms with Crippen molar-refractivity contribution in [3.05, 3.63) is 211 Å². The van der Waals surface area contributed by atoms with Gasteiger partial charge in [0.1, 0.15) is 0 Å². The molecule has 0 atom stereocenters. The number of rotatable bonds is 6. The zero-order valence-electron chi connectivity index (χ0n) is 30.4. The predicted octanol–water partition coefficient (Wildman–Crippen LogP) is 14.0. The van der Waals surface area contributed by atoms with Crippen molar-refractivity contribution in [2.45, 2.75) is 19.3 Å². The lowest BCUT2D eigenvalue weighted by Crippen LogP contribution is -2.30. The zero-order chi connectivity index (χ0) is 36.2. The first-order valence-electron chi connectivity index (χ1n) is 18.7. The molecule has 0 saturated heterocycles. The van der Waals surface area contributed by atoms with Crippen LogP contribution in [0.5, 0.6) is 0 Å². The Morgan fingerprint density at radius 3 is 1.70 bits per heavy atom. The minimum Gasteiger partial charge on any atom is -0.310 e. The van der Waals surface area contributed by atoms with Gasteiger partial charge in [0.15, 0.2) is 0 Å². The third-order valence-electron chi connectivity index (χ3n) is 11.1. The summed E-state index contributed by atoms with van der Waals surface area (Å²) in [5, 5.41) is 2.51. The number of fused-ring (bicyclic) bond motifs is 5. The summed E-state index contributed by atoms with van der Waals surface area (Å²) in [4.78, 5) is 4.80. The summed E-state index contributed by atoms with van der Waals surface area (Å²) in [6.07, 6.45) is 0. The number of aromatic nitrogens is 1. The maximum Gasteiger partial charge on any atom is 0.0541 e. The van der Waals surface area contributed by atoms with Crippen LogP contribution in [-0.4, -0.2) is 4.57 Å². The van der Waals surface area contributed by atoms with Gasteiger partial charge in [0.2, 0.25) is 0 Å². The topological polar surface area (TPSA) is 11.4 Å². The Morgan fingerprint density at radius 2 is 0.944 bits per heavy atom. The highest BCUT2D eigenvalue weighted by molar-refractivity contribution is 6.10. The fourth-order valence-electron chi connectivity index (χ4n) is 8.53. The van der Waals surface area contributed by atoms with E-state index in [9.17, 15) is 0 Å². The second-order valence-corrected chi connectivity index (χ2v) is 14.7. The van der Waals surface area contributed by atoms with Gasteiger partial charge in [-0.15, -0.1) is 0 Å². The normalized spacial score (nSPS) is 13.1. The van der Waals surface area contributed by atoms with Crippen LogP contribution in [0.2, 0.25) is 0 Å². The largest absolute Gasteiger partial charge is 0.310 e. The predicted molar refractivity (Wildman–Crippen MR) is 228 cm³/mol. The van der Waals surface area contributed by atoms with Crippen LogP contribution in [0, 0.1) is 0 Å². The molecule has 2 heterocycles. The molecule has 0 N–H and O–H groups in total. The summed E-state index contributed by atoms with van der Waals surface area (Å²) in [6, 6.07) is 72.5. The zero-order valence-corrected chi connectivity index (χ0v) is 30.4. The van der Waals surface area contributed by atoms with Gasteiger partial charge >= 0.3 is 0 Å². The molecule has 3 nitrogen and oxygen atoms in total. The van der Waals surface area contributed by atoms with Crippen molar-refractivity contribution in [1.29, 1.82) is 0 Å². The highest BCUT2D eigenvalue weighted by Crippen LogP contribution is 2.53. The van der Waals surface area contributed by atoms with Crippen molar-refractivity contribution in [2.24, 2.45) is 0 Å². The number of hydrogen-bond donors (Lipinski definition) is 0. The number of anilines is 6. The average Bonchev–Trinajstić information content (AvgIpc) is 3.56. The summed E-state index contributed by atoms with van der Waals surface area (Å²) >= 11 is 0. The molecule has 258 valence electrons. The lowest BCUT2D eigenvalue weighted by atomic mass is 9.73. The number of para-hydroxylation sites is 5. The highest BCUT2D eigenvalue weighted by Gasteiger charge is 2.37. The van der Waals surface area contributed by atoms with E-state index >= 15 is 0 Å². The van der Waals surface area contributed by atoms with Gasteiger partial charge in [0, 0.05) is 44.6 Å². The van der Waals surface area contributed by atoms with Crippen LogP contribution in [0.25, 0.3) is 38.6 Å². The summed E-state index contributed by atoms with van der Waals surface area (Å²) in [7, 11) is 0. The van der Waals surface area contributed by atoms with Crippen LogP contribution >= 0.6 is 0 Å². The molecular formula is C51H39N3. The van der Waals surface area contributed by atoms with Crippen LogP contribution in [0.3, 0.4) is 0 Å². The van der Waals surface area contributed by atoms with Crippen molar-refractivity contribution >= 4 is 55.9 Å². The number of nitrogens with zero attached hydrogens (tertiary/aromatic N) is 3. The molecule has 0 aliphatic carbocycles. The van der Waals surface area contributed by atoms with Gasteiger partial charge < -0.3 is 14.4 Å². The summed E-state index contributed by atoms with van der Waals surface area (Å²) in [5.74, 6) is 0. The van der Waals surface area contributed by atoms with Gasteiger partial charge in [-0.25, -0.2) is 0 Å². The van der Waals surface area contributed by atoms with Gasteiger partial charge in [-0.1, -0.05) is 129 Å². The molecule has 9 aromatic rings. The van der Waals surface area contributed by atoms with E-state index in [1.54, 1.807) is 0 Å². The molecule has 0 radical (unpaired) electrons. The van der Waals surface area contributed by atoms with Crippen molar-refractivity contribution in [3.8, 4) is 16.8 Å². The van der Waals surface area contributed by atoms with Gasteiger partial charge in [0.25, 0.3) is 0 Å². The number of benzene rings is 8.